The Hall–Kier alpha value is -2.93. The molecule has 0 unspecified atom stereocenters. The number of amides is 1. The number of anilines is 1. The number of nitrogens with zero attached hydrogens (tertiary/aromatic N) is 2. The van der Waals surface area contributed by atoms with E-state index in [2.05, 4.69) is 15.5 Å². The van der Waals surface area contributed by atoms with Gasteiger partial charge >= 0.3 is 0 Å². The summed E-state index contributed by atoms with van der Waals surface area (Å²) >= 11 is 1.58. The molecule has 3 aromatic rings. The van der Waals surface area contributed by atoms with Crippen LogP contribution in [-0.2, 0) is 16.2 Å². The summed E-state index contributed by atoms with van der Waals surface area (Å²) in [7, 11) is 0. The van der Waals surface area contributed by atoms with Gasteiger partial charge in [-0.3, -0.25) is 4.79 Å². The zero-order valence-corrected chi connectivity index (χ0v) is 15.6. The van der Waals surface area contributed by atoms with Crippen LogP contribution in [0.2, 0.25) is 0 Å². The molecular weight excluding hydrogens is 350 g/mol. The van der Waals surface area contributed by atoms with E-state index in [9.17, 15) is 4.79 Å². The van der Waals surface area contributed by atoms with Gasteiger partial charge in [0, 0.05) is 12.6 Å². The van der Waals surface area contributed by atoms with Crippen LogP contribution in [0, 0.1) is 6.92 Å². The standard InChI is InChI=1S/C19H19N3O3S/c1-12(15-6-8-16(9-7-15)20-14(3)23)22-24-11-17-13(2)25-19(21-17)18-5-4-10-26-18/h4-10H,11H2,1-3H3,(H,20,23)/b22-12+. The number of benzene rings is 1. The van der Waals surface area contributed by atoms with Crippen molar-refractivity contribution in [1.29, 1.82) is 0 Å². The summed E-state index contributed by atoms with van der Waals surface area (Å²) in [4.78, 5) is 21.9. The number of hydrogen-bond acceptors (Lipinski definition) is 6. The molecule has 2 aromatic heterocycles. The van der Waals surface area contributed by atoms with E-state index < -0.39 is 0 Å². The van der Waals surface area contributed by atoms with Gasteiger partial charge in [-0.2, -0.15) is 0 Å². The van der Waals surface area contributed by atoms with E-state index in [0.29, 0.717) is 5.89 Å². The van der Waals surface area contributed by atoms with Crippen molar-refractivity contribution < 1.29 is 14.0 Å². The normalized spacial score (nSPS) is 11.4. The van der Waals surface area contributed by atoms with E-state index >= 15 is 0 Å². The fraction of sp³-hybridized carbons (Fsp3) is 0.211. The smallest absolute Gasteiger partial charge is 0.236 e. The summed E-state index contributed by atoms with van der Waals surface area (Å²) in [6, 6.07) is 11.3. The number of carbonyl (C=O) groups excluding carboxylic acids is 1. The molecule has 1 aromatic carbocycles. The van der Waals surface area contributed by atoms with E-state index in [-0.39, 0.29) is 12.5 Å². The van der Waals surface area contributed by atoms with Gasteiger partial charge in [-0.05, 0) is 43.0 Å². The molecule has 0 aliphatic carbocycles. The fourth-order valence-electron chi connectivity index (χ4n) is 2.31. The Labute approximate surface area is 155 Å². The van der Waals surface area contributed by atoms with Gasteiger partial charge < -0.3 is 14.6 Å². The molecule has 0 aliphatic rings. The Bertz CT molecular complexity index is 912. The summed E-state index contributed by atoms with van der Waals surface area (Å²) < 4.78 is 5.68. The van der Waals surface area contributed by atoms with Gasteiger partial charge in [0.1, 0.15) is 11.5 Å². The van der Waals surface area contributed by atoms with E-state index in [1.54, 1.807) is 11.3 Å². The molecule has 134 valence electrons. The maximum atomic E-state index is 11.0. The van der Waals surface area contributed by atoms with Crippen LogP contribution in [0.25, 0.3) is 10.8 Å². The highest BCUT2D eigenvalue weighted by atomic mass is 32.1. The van der Waals surface area contributed by atoms with Crippen molar-refractivity contribution in [1.82, 2.24) is 4.98 Å². The topological polar surface area (TPSA) is 76.7 Å². The van der Waals surface area contributed by atoms with Crippen LogP contribution in [0.3, 0.4) is 0 Å². The van der Waals surface area contributed by atoms with Crippen LogP contribution < -0.4 is 5.32 Å². The molecular formula is C19H19N3O3S. The number of aromatic nitrogens is 1. The lowest BCUT2D eigenvalue weighted by molar-refractivity contribution is -0.114. The Kier molecular flexibility index (Phi) is 5.48. The summed E-state index contributed by atoms with van der Waals surface area (Å²) in [6.45, 7) is 5.44. The number of oxazole rings is 1. The third kappa shape index (κ3) is 4.37. The molecule has 7 heteroatoms. The number of carbonyl (C=O) groups is 1. The van der Waals surface area contributed by atoms with Crippen molar-refractivity contribution in [2.75, 3.05) is 5.32 Å². The lowest BCUT2D eigenvalue weighted by Gasteiger charge is -2.04. The van der Waals surface area contributed by atoms with Crippen molar-refractivity contribution in [3.8, 4) is 10.8 Å². The second kappa shape index (κ2) is 7.97. The summed E-state index contributed by atoms with van der Waals surface area (Å²) in [5, 5.41) is 8.85. The molecule has 0 fully saturated rings. The zero-order chi connectivity index (χ0) is 18.5. The van der Waals surface area contributed by atoms with Crippen molar-refractivity contribution in [2.45, 2.75) is 27.4 Å². The summed E-state index contributed by atoms with van der Waals surface area (Å²) in [5.41, 5.74) is 3.12. The van der Waals surface area contributed by atoms with E-state index in [1.165, 1.54) is 6.92 Å². The minimum atomic E-state index is -0.101. The van der Waals surface area contributed by atoms with Crippen molar-refractivity contribution in [3.63, 3.8) is 0 Å². The second-order valence-electron chi connectivity index (χ2n) is 5.71. The number of thiophene rings is 1. The van der Waals surface area contributed by atoms with E-state index in [4.69, 9.17) is 9.25 Å². The maximum absolute atomic E-state index is 11.0. The molecule has 0 bridgehead atoms. The number of aryl methyl sites for hydroxylation is 1. The number of hydrogen-bond donors (Lipinski definition) is 1. The van der Waals surface area contributed by atoms with Gasteiger partial charge in [-0.25, -0.2) is 4.98 Å². The Balaban J connectivity index is 1.62. The van der Waals surface area contributed by atoms with Gasteiger partial charge in [0.2, 0.25) is 11.8 Å². The van der Waals surface area contributed by atoms with Crippen LogP contribution in [0.5, 0.6) is 0 Å². The minimum Gasteiger partial charge on any atom is -0.440 e. The van der Waals surface area contributed by atoms with Crippen LogP contribution in [0.1, 0.15) is 30.9 Å². The molecule has 1 amide bonds. The molecule has 2 heterocycles. The first-order valence-electron chi connectivity index (χ1n) is 8.07. The third-order valence-electron chi connectivity index (χ3n) is 3.65. The SMILES string of the molecule is CC(=O)Nc1ccc(/C(C)=N/OCc2nc(-c3cccs3)oc2C)cc1. The highest BCUT2D eigenvalue weighted by Crippen LogP contribution is 2.26. The van der Waals surface area contributed by atoms with Gasteiger partial charge in [0.25, 0.3) is 0 Å². The van der Waals surface area contributed by atoms with Crippen molar-refractivity contribution >= 4 is 28.6 Å². The van der Waals surface area contributed by atoms with Crippen LogP contribution >= 0.6 is 11.3 Å². The minimum absolute atomic E-state index is 0.101. The largest absolute Gasteiger partial charge is 0.440 e. The number of oxime groups is 1. The highest BCUT2D eigenvalue weighted by Gasteiger charge is 2.12. The molecule has 0 saturated heterocycles. The van der Waals surface area contributed by atoms with E-state index in [0.717, 1.165) is 33.3 Å². The zero-order valence-electron chi connectivity index (χ0n) is 14.8. The van der Waals surface area contributed by atoms with Crippen molar-refractivity contribution in [2.24, 2.45) is 5.16 Å². The molecule has 0 aliphatic heterocycles. The Morgan fingerprint density at radius 3 is 2.69 bits per heavy atom. The Morgan fingerprint density at radius 2 is 2.04 bits per heavy atom. The molecule has 6 nitrogen and oxygen atoms in total. The fourth-order valence-corrected chi connectivity index (χ4v) is 2.96. The first kappa shape index (κ1) is 17.9. The van der Waals surface area contributed by atoms with E-state index in [1.807, 2.05) is 55.6 Å². The third-order valence-corrected chi connectivity index (χ3v) is 4.51. The maximum Gasteiger partial charge on any atom is 0.236 e. The summed E-state index contributed by atoms with van der Waals surface area (Å²) in [5.74, 6) is 1.22. The lowest BCUT2D eigenvalue weighted by atomic mass is 10.1. The van der Waals surface area contributed by atoms with Gasteiger partial charge in [0.05, 0.1) is 10.6 Å². The predicted octanol–water partition coefficient (Wildman–Crippen LogP) is 4.61. The molecule has 0 spiro atoms. The van der Waals surface area contributed by atoms with Gasteiger partial charge in [0.15, 0.2) is 6.61 Å². The molecule has 0 saturated carbocycles. The van der Waals surface area contributed by atoms with Crippen LogP contribution in [0.15, 0.2) is 51.4 Å². The molecule has 0 radical (unpaired) electrons. The molecule has 0 atom stereocenters. The van der Waals surface area contributed by atoms with Crippen molar-refractivity contribution in [3.05, 3.63) is 58.8 Å². The predicted molar refractivity (Wildman–Crippen MR) is 102 cm³/mol. The van der Waals surface area contributed by atoms with Crippen LogP contribution in [-0.4, -0.2) is 16.6 Å². The first-order valence-corrected chi connectivity index (χ1v) is 8.95. The number of rotatable bonds is 6. The van der Waals surface area contributed by atoms with Gasteiger partial charge in [-0.1, -0.05) is 23.4 Å². The molecule has 1 N–H and O–H groups in total. The quantitative estimate of drug-likeness (QED) is 0.508. The summed E-state index contributed by atoms with van der Waals surface area (Å²) in [6.07, 6.45) is 0. The monoisotopic (exact) mass is 369 g/mol. The average molecular weight is 369 g/mol. The second-order valence-corrected chi connectivity index (χ2v) is 6.66. The Morgan fingerprint density at radius 1 is 1.27 bits per heavy atom. The molecule has 3 rings (SSSR count). The number of nitrogens with one attached hydrogen (secondary N) is 1. The lowest BCUT2D eigenvalue weighted by Crippen LogP contribution is -2.06. The first-order chi connectivity index (χ1) is 12.5. The van der Waals surface area contributed by atoms with Gasteiger partial charge in [-0.15, -0.1) is 11.3 Å². The highest BCUT2D eigenvalue weighted by molar-refractivity contribution is 7.13. The van der Waals surface area contributed by atoms with Crippen LogP contribution in [0.4, 0.5) is 5.69 Å². The molecule has 26 heavy (non-hydrogen) atoms. The average Bonchev–Trinajstić information content (AvgIpc) is 3.25.